The van der Waals surface area contributed by atoms with E-state index in [9.17, 15) is 9.18 Å². The Morgan fingerprint density at radius 2 is 2.17 bits per heavy atom. The number of hydrogen-bond acceptors (Lipinski definition) is 4. The summed E-state index contributed by atoms with van der Waals surface area (Å²) in [5.74, 6) is 1.18. The number of carbonyl (C=O) groups excluding carboxylic acids is 1. The summed E-state index contributed by atoms with van der Waals surface area (Å²) in [5.41, 5.74) is 0.760. The molecule has 2 fully saturated rings. The van der Waals surface area contributed by atoms with Gasteiger partial charge >= 0.3 is 0 Å². The van der Waals surface area contributed by atoms with Crippen LogP contribution >= 0.6 is 0 Å². The smallest absolute Gasteiger partial charge is 0.246 e. The van der Waals surface area contributed by atoms with Gasteiger partial charge in [-0.25, -0.2) is 4.39 Å². The summed E-state index contributed by atoms with van der Waals surface area (Å²) >= 11 is 0. The number of rotatable bonds is 5. The van der Waals surface area contributed by atoms with Gasteiger partial charge < -0.3 is 14.1 Å². The highest BCUT2D eigenvalue weighted by atomic mass is 19.1. The SMILES string of the molecule is COc1ccc(F)c(CN2CCCC3(CCN(C(=O)C=Cc4ccco4)C3)C2)c1. The molecule has 1 spiro atoms. The molecule has 2 aliphatic heterocycles. The second-order valence-corrected chi connectivity index (χ2v) is 8.13. The van der Waals surface area contributed by atoms with E-state index in [4.69, 9.17) is 9.15 Å². The van der Waals surface area contributed by atoms with Gasteiger partial charge in [0.2, 0.25) is 5.91 Å². The summed E-state index contributed by atoms with van der Waals surface area (Å²) < 4.78 is 24.7. The van der Waals surface area contributed by atoms with Gasteiger partial charge in [0.25, 0.3) is 0 Å². The predicted octanol–water partition coefficient (Wildman–Crippen LogP) is 3.96. The van der Waals surface area contributed by atoms with Crippen LogP contribution in [0.25, 0.3) is 6.08 Å². The Labute approximate surface area is 170 Å². The molecule has 2 aromatic rings. The maximum atomic E-state index is 14.2. The number of ether oxygens (including phenoxy) is 1. The van der Waals surface area contributed by atoms with E-state index in [-0.39, 0.29) is 17.1 Å². The zero-order chi connectivity index (χ0) is 20.3. The van der Waals surface area contributed by atoms with E-state index in [2.05, 4.69) is 4.90 Å². The van der Waals surface area contributed by atoms with E-state index >= 15 is 0 Å². The lowest BCUT2D eigenvalue weighted by Gasteiger charge is -2.40. The third-order valence-corrected chi connectivity index (χ3v) is 6.07. The van der Waals surface area contributed by atoms with E-state index in [0.29, 0.717) is 23.6 Å². The van der Waals surface area contributed by atoms with E-state index in [1.54, 1.807) is 43.7 Å². The average Bonchev–Trinajstić information content (AvgIpc) is 3.38. The Hall–Kier alpha value is -2.60. The van der Waals surface area contributed by atoms with Crippen LogP contribution in [0, 0.1) is 11.2 Å². The van der Waals surface area contributed by atoms with Crippen molar-refractivity contribution in [2.24, 2.45) is 5.41 Å². The Balaban J connectivity index is 1.38. The minimum atomic E-state index is -0.197. The molecule has 1 unspecified atom stereocenters. The van der Waals surface area contributed by atoms with Crippen LogP contribution in [-0.4, -0.2) is 49.0 Å². The summed E-state index contributed by atoms with van der Waals surface area (Å²) in [6, 6.07) is 8.52. The van der Waals surface area contributed by atoms with Crippen molar-refractivity contribution in [2.75, 3.05) is 33.3 Å². The van der Waals surface area contributed by atoms with Crippen LogP contribution in [0.4, 0.5) is 4.39 Å². The molecule has 2 saturated heterocycles. The molecular weight excluding hydrogens is 371 g/mol. The van der Waals surface area contributed by atoms with Gasteiger partial charge in [-0.2, -0.15) is 0 Å². The van der Waals surface area contributed by atoms with Crippen molar-refractivity contribution in [1.29, 1.82) is 0 Å². The molecule has 0 saturated carbocycles. The lowest BCUT2D eigenvalue weighted by atomic mass is 9.79. The molecule has 29 heavy (non-hydrogen) atoms. The number of halogens is 1. The first-order valence-corrected chi connectivity index (χ1v) is 10.1. The second-order valence-electron chi connectivity index (χ2n) is 8.13. The van der Waals surface area contributed by atoms with Crippen LogP contribution in [-0.2, 0) is 11.3 Å². The third kappa shape index (κ3) is 4.53. The maximum Gasteiger partial charge on any atom is 0.246 e. The number of likely N-dealkylation sites (tertiary alicyclic amines) is 2. The van der Waals surface area contributed by atoms with Crippen LogP contribution < -0.4 is 4.74 Å². The van der Waals surface area contributed by atoms with E-state index in [0.717, 1.165) is 45.4 Å². The van der Waals surface area contributed by atoms with Crippen molar-refractivity contribution in [2.45, 2.75) is 25.8 Å². The van der Waals surface area contributed by atoms with Crippen LogP contribution in [0.3, 0.4) is 0 Å². The third-order valence-electron chi connectivity index (χ3n) is 6.07. The highest BCUT2D eigenvalue weighted by Crippen LogP contribution is 2.39. The van der Waals surface area contributed by atoms with Gasteiger partial charge in [-0.3, -0.25) is 9.69 Å². The van der Waals surface area contributed by atoms with E-state index in [1.807, 2.05) is 11.0 Å². The number of methoxy groups -OCH3 is 1. The fourth-order valence-electron chi connectivity index (χ4n) is 4.59. The predicted molar refractivity (Wildman–Crippen MR) is 109 cm³/mol. The molecule has 0 radical (unpaired) electrons. The number of benzene rings is 1. The van der Waals surface area contributed by atoms with Gasteiger partial charge in [0.1, 0.15) is 17.3 Å². The first-order chi connectivity index (χ1) is 14.1. The van der Waals surface area contributed by atoms with Gasteiger partial charge in [-0.05, 0) is 62.2 Å². The van der Waals surface area contributed by atoms with Gasteiger partial charge in [-0.15, -0.1) is 0 Å². The maximum absolute atomic E-state index is 14.2. The minimum absolute atomic E-state index is 0.0224. The largest absolute Gasteiger partial charge is 0.497 e. The van der Waals surface area contributed by atoms with Crippen molar-refractivity contribution in [1.82, 2.24) is 9.80 Å². The van der Waals surface area contributed by atoms with Crippen molar-refractivity contribution in [3.8, 4) is 5.75 Å². The Bertz CT molecular complexity index is 880. The van der Waals surface area contributed by atoms with Crippen molar-refractivity contribution in [3.05, 3.63) is 59.8 Å². The summed E-state index contributed by atoms with van der Waals surface area (Å²) in [5, 5.41) is 0. The highest BCUT2D eigenvalue weighted by Gasteiger charge is 2.42. The number of nitrogens with zero attached hydrogens (tertiary/aromatic N) is 2. The van der Waals surface area contributed by atoms with Crippen LogP contribution in [0.2, 0.25) is 0 Å². The van der Waals surface area contributed by atoms with Gasteiger partial charge in [0.15, 0.2) is 0 Å². The lowest BCUT2D eigenvalue weighted by molar-refractivity contribution is -0.125. The normalized spacial score (nSPS) is 22.6. The summed E-state index contributed by atoms with van der Waals surface area (Å²) in [4.78, 5) is 16.8. The fraction of sp³-hybridized carbons (Fsp3) is 0.435. The molecule has 1 aromatic carbocycles. The van der Waals surface area contributed by atoms with Crippen molar-refractivity contribution in [3.63, 3.8) is 0 Å². The lowest BCUT2D eigenvalue weighted by Crippen LogP contribution is -2.45. The first-order valence-electron chi connectivity index (χ1n) is 10.1. The molecule has 1 aromatic heterocycles. The van der Waals surface area contributed by atoms with Gasteiger partial charge in [0, 0.05) is 43.2 Å². The van der Waals surface area contributed by atoms with Crippen LogP contribution in [0.5, 0.6) is 5.75 Å². The minimum Gasteiger partial charge on any atom is -0.497 e. The molecule has 1 amide bonds. The Morgan fingerprint density at radius 3 is 2.97 bits per heavy atom. The average molecular weight is 398 g/mol. The highest BCUT2D eigenvalue weighted by molar-refractivity contribution is 5.91. The summed E-state index contributed by atoms with van der Waals surface area (Å²) in [6.07, 6.45) is 8.06. The van der Waals surface area contributed by atoms with E-state index < -0.39 is 0 Å². The molecule has 154 valence electrons. The Morgan fingerprint density at radius 1 is 1.28 bits per heavy atom. The molecule has 4 rings (SSSR count). The summed E-state index contributed by atoms with van der Waals surface area (Å²) in [7, 11) is 1.59. The molecule has 5 nitrogen and oxygen atoms in total. The molecule has 0 bridgehead atoms. The van der Waals surface area contributed by atoms with Crippen LogP contribution in [0.1, 0.15) is 30.6 Å². The van der Waals surface area contributed by atoms with E-state index in [1.165, 1.54) is 6.07 Å². The second kappa shape index (κ2) is 8.41. The number of furan rings is 1. The fourth-order valence-corrected chi connectivity index (χ4v) is 4.59. The Kier molecular flexibility index (Phi) is 5.72. The standard InChI is InChI=1S/C23H27FN2O3/c1-28-20-5-7-21(24)18(14-20)15-25-11-3-9-23(16-25)10-12-26(17-23)22(27)8-6-19-4-2-13-29-19/h2,4-8,13-14H,3,9-12,15-17H2,1H3. The molecule has 0 aliphatic carbocycles. The molecule has 2 aliphatic rings. The molecule has 3 heterocycles. The zero-order valence-corrected chi connectivity index (χ0v) is 16.8. The summed E-state index contributed by atoms with van der Waals surface area (Å²) in [6.45, 7) is 3.92. The van der Waals surface area contributed by atoms with Gasteiger partial charge in [-0.1, -0.05) is 0 Å². The zero-order valence-electron chi connectivity index (χ0n) is 16.8. The molecule has 1 atom stereocenters. The number of carbonyl (C=O) groups is 1. The molecule has 6 heteroatoms. The monoisotopic (exact) mass is 398 g/mol. The van der Waals surface area contributed by atoms with Gasteiger partial charge in [0.05, 0.1) is 13.4 Å². The number of hydrogen-bond donors (Lipinski definition) is 0. The topological polar surface area (TPSA) is 45.9 Å². The van der Waals surface area contributed by atoms with Crippen molar-refractivity contribution >= 4 is 12.0 Å². The number of amides is 1. The molecule has 0 N–H and O–H groups in total. The van der Waals surface area contributed by atoms with Crippen LogP contribution in [0.15, 0.2) is 47.1 Å². The quantitative estimate of drug-likeness (QED) is 0.716. The van der Waals surface area contributed by atoms with Crippen molar-refractivity contribution < 1.29 is 18.3 Å². The number of piperidine rings is 1. The molecular formula is C23H27FN2O3. The first kappa shape index (κ1) is 19.7.